The van der Waals surface area contributed by atoms with E-state index in [1.165, 1.54) is 13.5 Å². The van der Waals surface area contributed by atoms with Gasteiger partial charge in [-0.2, -0.15) is 0 Å². The highest BCUT2D eigenvalue weighted by Gasteiger charge is 2.19. The quantitative estimate of drug-likeness (QED) is 0.0529. The number of terminal acetylenes is 1. The Morgan fingerprint density at radius 1 is 0.766 bits per heavy atom. The first-order valence-electron chi connectivity index (χ1n) is 22.0. The van der Waals surface area contributed by atoms with Crippen LogP contribution >= 0.6 is 0 Å². The fraction of sp³-hybridized carbons (Fsp3) is 0.392. The van der Waals surface area contributed by atoms with Gasteiger partial charge in [0.2, 0.25) is 11.8 Å². The number of aliphatic hydroxyl groups is 1. The minimum atomic E-state index is -0.643. The van der Waals surface area contributed by atoms with E-state index in [9.17, 15) is 14.4 Å². The molecule has 0 fully saturated rings. The third-order valence-electron chi connectivity index (χ3n) is 9.08. The number of ether oxygens (including phenoxy) is 1. The Balaban J connectivity index is 0.00000142. The van der Waals surface area contributed by atoms with Gasteiger partial charge in [0.05, 0.1) is 43.1 Å². The van der Waals surface area contributed by atoms with Crippen molar-refractivity contribution >= 4 is 50.5 Å². The molecule has 0 unspecified atom stereocenters. The van der Waals surface area contributed by atoms with Gasteiger partial charge in [0.1, 0.15) is 18.2 Å². The van der Waals surface area contributed by atoms with Crippen LogP contribution in [0, 0.1) is 12.8 Å². The van der Waals surface area contributed by atoms with Crippen LogP contribution < -0.4 is 11.1 Å². The lowest BCUT2D eigenvalue weighted by molar-refractivity contribution is -0.132. The van der Waals surface area contributed by atoms with Crippen LogP contribution in [-0.4, -0.2) is 86.6 Å². The molecule has 6 rings (SSSR count). The van der Waals surface area contributed by atoms with Crippen LogP contribution in [0.2, 0.25) is 0 Å². The number of rotatable bonds is 14. The number of methoxy groups -OCH3 is 1. The maximum absolute atomic E-state index is 13.0. The second kappa shape index (κ2) is 30.4. The molecule has 6 N–H and O–H groups in total. The number of carbonyl (C=O) groups excluding carboxylic acids is 3. The van der Waals surface area contributed by atoms with Crippen LogP contribution in [0.3, 0.4) is 0 Å². The van der Waals surface area contributed by atoms with Gasteiger partial charge in [-0.3, -0.25) is 9.59 Å². The van der Waals surface area contributed by atoms with Crippen LogP contribution in [0.15, 0.2) is 85.2 Å². The van der Waals surface area contributed by atoms with Gasteiger partial charge in [-0.15, -0.1) is 12.8 Å². The number of H-pyrrole nitrogens is 2. The number of nitrogens with zero attached hydrogens (tertiary/aromatic N) is 4. The lowest BCUT2D eigenvalue weighted by Gasteiger charge is -2.21. The molecule has 64 heavy (non-hydrogen) atoms. The normalized spacial score (nSPS) is 9.89. The minimum absolute atomic E-state index is 0.148. The molecule has 346 valence electrons. The molecular weight excluding hydrogens is 805 g/mol. The Labute approximate surface area is 380 Å². The first-order valence-corrected chi connectivity index (χ1v) is 22.0. The highest BCUT2D eigenvalue weighted by Crippen LogP contribution is 2.36. The monoisotopic (exact) mass is 877 g/mol. The summed E-state index contributed by atoms with van der Waals surface area (Å²) in [5, 5.41) is 13.8. The number of carbonyl (C=O) groups is 3. The molecule has 2 aromatic heterocycles. The van der Waals surface area contributed by atoms with E-state index >= 15 is 0 Å². The van der Waals surface area contributed by atoms with Gasteiger partial charge >= 0.3 is 6.09 Å². The summed E-state index contributed by atoms with van der Waals surface area (Å²) in [4.78, 5) is 57.2. The van der Waals surface area contributed by atoms with Crippen molar-refractivity contribution in [1.82, 2.24) is 35.1 Å². The largest absolute Gasteiger partial charge is 0.453 e. The minimum Gasteiger partial charge on any atom is -0.453 e. The summed E-state index contributed by atoms with van der Waals surface area (Å²) < 4.78 is 4.62. The summed E-state index contributed by atoms with van der Waals surface area (Å²) in [5.74, 6) is 1.41. The first-order chi connectivity index (χ1) is 31.0. The van der Waals surface area contributed by atoms with E-state index in [0.717, 1.165) is 87.2 Å². The van der Waals surface area contributed by atoms with Gasteiger partial charge in [-0.05, 0) is 65.4 Å². The number of nitrogens with one attached hydrogen (secondary N) is 3. The number of fused-ring (bicyclic) bond motifs is 6. The SMILES string of the molecule is C#C.C=C(C)N.CC.CCC.CCCC(=O)N(CCC)Cc1ncc(-c2ccc(-c3ccc4c(c3)c3ccccc3c3nc(CN(CCC)C(=O)CNC(=O)OC)[nH]c43)cc2)[nH]1.CO. The smallest absolute Gasteiger partial charge is 0.407 e. The van der Waals surface area contributed by atoms with Crippen molar-refractivity contribution in [2.45, 2.75) is 101 Å². The van der Waals surface area contributed by atoms with E-state index < -0.39 is 6.09 Å². The molecule has 0 radical (unpaired) electrons. The molecular formula is C51H72N8O5. The lowest BCUT2D eigenvalue weighted by atomic mass is 9.95. The van der Waals surface area contributed by atoms with E-state index in [1.54, 1.807) is 11.8 Å². The Hall–Kier alpha value is -6.65. The molecule has 13 nitrogen and oxygen atoms in total. The number of aromatic amines is 2. The number of benzene rings is 4. The van der Waals surface area contributed by atoms with Crippen LogP contribution in [0.25, 0.3) is 55.0 Å². The molecule has 13 heteroatoms. The molecule has 0 aliphatic heterocycles. The van der Waals surface area contributed by atoms with Crippen molar-refractivity contribution in [3.05, 3.63) is 96.9 Å². The molecule has 2 heterocycles. The van der Waals surface area contributed by atoms with Crippen molar-refractivity contribution in [3.8, 4) is 35.2 Å². The van der Waals surface area contributed by atoms with Crippen molar-refractivity contribution in [1.29, 1.82) is 0 Å². The summed E-state index contributed by atoms with van der Waals surface area (Å²) in [7, 11) is 2.27. The average molecular weight is 877 g/mol. The van der Waals surface area contributed by atoms with E-state index in [4.69, 9.17) is 15.8 Å². The molecule has 0 saturated carbocycles. The van der Waals surface area contributed by atoms with Gasteiger partial charge in [-0.25, -0.2) is 14.8 Å². The summed E-state index contributed by atoms with van der Waals surface area (Å²) in [6, 6.07) is 23.2. The topological polar surface area (TPSA) is 183 Å². The van der Waals surface area contributed by atoms with Crippen LogP contribution in [0.1, 0.15) is 99.1 Å². The van der Waals surface area contributed by atoms with E-state index in [1.807, 2.05) is 50.9 Å². The average Bonchev–Trinajstić information content (AvgIpc) is 3.98. The fourth-order valence-corrected chi connectivity index (χ4v) is 6.60. The molecule has 0 spiro atoms. The number of allylic oxidation sites excluding steroid dienone is 1. The molecule has 3 amide bonds. The van der Waals surface area contributed by atoms with Gasteiger partial charge in [0.25, 0.3) is 0 Å². The molecule has 0 aliphatic rings. The zero-order valence-electron chi connectivity index (χ0n) is 39.8. The van der Waals surface area contributed by atoms with E-state index in [-0.39, 0.29) is 24.9 Å². The van der Waals surface area contributed by atoms with Crippen LogP contribution in [0.5, 0.6) is 0 Å². The van der Waals surface area contributed by atoms with Crippen LogP contribution in [-0.2, 0) is 27.4 Å². The third-order valence-corrected chi connectivity index (χ3v) is 9.08. The maximum Gasteiger partial charge on any atom is 0.407 e. The van der Waals surface area contributed by atoms with Gasteiger partial charge in [-0.1, -0.05) is 122 Å². The number of amides is 3. The Bertz CT molecular complexity index is 2340. The van der Waals surface area contributed by atoms with Gasteiger partial charge < -0.3 is 40.7 Å². The molecule has 6 aromatic rings. The number of hydrogen-bond acceptors (Lipinski definition) is 8. The Morgan fingerprint density at radius 2 is 1.30 bits per heavy atom. The van der Waals surface area contributed by atoms with Crippen molar-refractivity contribution in [2.24, 2.45) is 5.73 Å². The first kappa shape index (κ1) is 55.4. The summed E-state index contributed by atoms with van der Waals surface area (Å²) in [5.41, 5.74) is 11.5. The maximum atomic E-state index is 13.0. The third kappa shape index (κ3) is 16.2. The highest BCUT2D eigenvalue weighted by molar-refractivity contribution is 6.23. The van der Waals surface area contributed by atoms with E-state index in [0.29, 0.717) is 37.6 Å². The second-order valence-electron chi connectivity index (χ2n) is 14.3. The Kier molecular flexibility index (Phi) is 26.3. The molecule has 4 aromatic carbocycles. The second-order valence-corrected chi connectivity index (χ2v) is 14.3. The standard InChI is InChI=1S/C40H45N7O4.C3H7N.C3H8.C2H6.C2H2.CH4O/c1-5-10-36(48)46(19-6-2)24-34-41-22-33(43-34)27-15-13-26(14-16-27)28-17-18-31-32(21-28)29-11-8-9-12-30(29)38-39(31)45-35(44-38)25-47(20-7-3)37(49)23-42-40(50)51-4;1-3(2)4;1-3-2;3*1-2/h8-9,11-18,21-22H,5-7,10,19-20,23-25H2,1-4H3,(H,41,43)(H,42,50)(H,44,45);1,4H2,2H3;3H2,1-2H3;1-2H3;1-2H;2H,1H3. The van der Waals surface area contributed by atoms with Crippen molar-refractivity contribution in [2.75, 3.05) is 33.9 Å². The Morgan fingerprint density at radius 3 is 1.86 bits per heavy atom. The summed E-state index contributed by atoms with van der Waals surface area (Å²) in [6.45, 7) is 21.3. The summed E-state index contributed by atoms with van der Waals surface area (Å²) in [6.07, 6.45) is 13.5. The summed E-state index contributed by atoms with van der Waals surface area (Å²) >= 11 is 0. The molecule has 0 saturated heterocycles. The number of alkyl carbamates (subject to hydrolysis) is 1. The van der Waals surface area contributed by atoms with Crippen molar-refractivity contribution < 1.29 is 24.2 Å². The number of imidazole rings is 2. The molecule has 0 aliphatic carbocycles. The number of nitrogens with two attached hydrogens (primary N) is 1. The van der Waals surface area contributed by atoms with Gasteiger partial charge in [0.15, 0.2) is 0 Å². The highest BCUT2D eigenvalue weighted by atomic mass is 16.5. The predicted molar refractivity (Wildman–Crippen MR) is 265 cm³/mol. The molecule has 0 bridgehead atoms. The zero-order chi connectivity index (χ0) is 48.2. The zero-order valence-corrected chi connectivity index (χ0v) is 39.8. The number of aliphatic hydroxyl groups excluding tert-OH is 1. The van der Waals surface area contributed by atoms with E-state index in [2.05, 4.69) is 120 Å². The fourth-order valence-electron chi connectivity index (χ4n) is 6.60. The number of hydrogen-bond donors (Lipinski definition) is 5. The van der Waals surface area contributed by atoms with Gasteiger partial charge in [0, 0.05) is 37.4 Å². The lowest BCUT2D eigenvalue weighted by Crippen LogP contribution is -2.40. The number of aromatic nitrogens is 4. The predicted octanol–water partition coefficient (Wildman–Crippen LogP) is 10.3. The molecule has 0 atom stereocenters. The van der Waals surface area contributed by atoms with Crippen LogP contribution in [0.4, 0.5) is 4.79 Å². The van der Waals surface area contributed by atoms with Crippen molar-refractivity contribution in [3.63, 3.8) is 0 Å².